The molecule has 7 nitrogen and oxygen atoms in total. The van der Waals surface area contributed by atoms with E-state index in [1.165, 1.54) is 11.3 Å². The zero-order valence-corrected chi connectivity index (χ0v) is 17.7. The average Bonchev–Trinajstić information content (AvgIpc) is 3.03. The largest absolute Gasteiger partial charge is 0.493 e. The highest BCUT2D eigenvalue weighted by Gasteiger charge is 2.26. The van der Waals surface area contributed by atoms with Crippen LogP contribution in [-0.4, -0.2) is 67.0 Å². The molecule has 2 amide bonds. The number of hydrogen-bond donors (Lipinski definition) is 1. The lowest BCUT2D eigenvalue weighted by Gasteiger charge is -2.35. The van der Waals surface area contributed by atoms with E-state index in [0.717, 1.165) is 10.6 Å². The summed E-state index contributed by atoms with van der Waals surface area (Å²) >= 11 is 6.57. The van der Waals surface area contributed by atoms with Crippen molar-refractivity contribution in [3.8, 4) is 11.5 Å². The summed E-state index contributed by atoms with van der Waals surface area (Å²) in [7, 11) is 3.10. The number of carbonyl (C=O) groups excluding carboxylic acids is 2. The Morgan fingerprint density at radius 1 is 1.11 bits per heavy atom. The van der Waals surface area contributed by atoms with Crippen molar-refractivity contribution in [2.45, 2.75) is 13.3 Å². The van der Waals surface area contributed by atoms with E-state index in [-0.39, 0.29) is 11.8 Å². The van der Waals surface area contributed by atoms with Crippen molar-refractivity contribution < 1.29 is 19.1 Å². The number of rotatable bonds is 5. The molecule has 1 aliphatic heterocycles. The number of aromatic nitrogens is 1. The number of piperazine rings is 1. The summed E-state index contributed by atoms with van der Waals surface area (Å²) in [6.07, 6.45) is 0.341. The van der Waals surface area contributed by atoms with Gasteiger partial charge in [0.25, 0.3) is 5.91 Å². The highest BCUT2D eigenvalue weighted by Crippen LogP contribution is 2.28. The number of aryl methyl sites for hydroxylation is 1. The molecule has 9 heteroatoms. The molecule has 1 aromatic heterocycles. The molecule has 28 heavy (non-hydrogen) atoms. The van der Waals surface area contributed by atoms with Gasteiger partial charge in [-0.05, 0) is 37.3 Å². The van der Waals surface area contributed by atoms with Crippen LogP contribution in [0.3, 0.4) is 0 Å². The van der Waals surface area contributed by atoms with Crippen LogP contribution in [0.2, 0.25) is 0 Å². The number of aromatic amines is 1. The first-order chi connectivity index (χ1) is 13.4. The van der Waals surface area contributed by atoms with Crippen molar-refractivity contribution in [2.24, 2.45) is 0 Å². The van der Waals surface area contributed by atoms with Gasteiger partial charge < -0.3 is 24.3 Å². The summed E-state index contributed by atoms with van der Waals surface area (Å²) in [4.78, 5) is 33.0. The van der Waals surface area contributed by atoms with Gasteiger partial charge >= 0.3 is 0 Å². The SMILES string of the molecule is COc1ccc(C(=O)N2CCN(C(=O)Cc3sc(=S)[nH]c3C)CC2)cc1OC. The molecule has 150 valence electrons. The minimum atomic E-state index is -0.0764. The maximum absolute atomic E-state index is 12.8. The standard InChI is InChI=1S/C19H23N3O4S2/c1-12-16(28-19(27)20-12)11-17(23)21-6-8-22(9-7-21)18(24)13-4-5-14(25-2)15(10-13)26-3/h4-5,10H,6-9,11H2,1-3H3,(H,20,27). The van der Waals surface area contributed by atoms with Gasteiger partial charge in [-0.25, -0.2) is 0 Å². The number of ether oxygens (including phenoxy) is 2. The second kappa shape index (κ2) is 8.74. The van der Waals surface area contributed by atoms with Crippen molar-refractivity contribution >= 4 is 35.4 Å². The van der Waals surface area contributed by atoms with E-state index in [0.29, 0.717) is 53.6 Å². The molecule has 2 heterocycles. The number of carbonyl (C=O) groups is 2. The van der Waals surface area contributed by atoms with Crippen LogP contribution < -0.4 is 9.47 Å². The minimum Gasteiger partial charge on any atom is -0.493 e. The predicted molar refractivity (Wildman–Crippen MR) is 110 cm³/mol. The fourth-order valence-corrected chi connectivity index (χ4v) is 4.45. The molecule has 0 atom stereocenters. The Balaban J connectivity index is 1.60. The maximum Gasteiger partial charge on any atom is 0.254 e. The summed E-state index contributed by atoms with van der Waals surface area (Å²) in [6, 6.07) is 5.13. The van der Waals surface area contributed by atoms with Crippen molar-refractivity contribution in [1.29, 1.82) is 0 Å². The first kappa shape index (κ1) is 20.3. The molecule has 2 aromatic rings. The Morgan fingerprint density at radius 3 is 2.32 bits per heavy atom. The number of H-pyrrole nitrogens is 1. The van der Waals surface area contributed by atoms with Crippen LogP contribution in [0.5, 0.6) is 11.5 Å². The van der Waals surface area contributed by atoms with Gasteiger partial charge in [0.2, 0.25) is 5.91 Å². The second-order valence-electron chi connectivity index (χ2n) is 6.48. The van der Waals surface area contributed by atoms with Gasteiger partial charge in [0.15, 0.2) is 15.5 Å². The maximum atomic E-state index is 12.8. The quantitative estimate of drug-likeness (QED) is 0.752. The lowest BCUT2D eigenvalue weighted by molar-refractivity contribution is -0.131. The molecule has 0 aliphatic carbocycles. The van der Waals surface area contributed by atoms with Crippen LogP contribution in [0.15, 0.2) is 18.2 Å². The fraction of sp³-hybridized carbons (Fsp3) is 0.421. The van der Waals surface area contributed by atoms with Crippen LogP contribution in [0.4, 0.5) is 0 Å². The normalized spacial score (nSPS) is 14.1. The van der Waals surface area contributed by atoms with Gasteiger partial charge in [-0.2, -0.15) is 0 Å². The van der Waals surface area contributed by atoms with Crippen LogP contribution in [0, 0.1) is 10.9 Å². The van der Waals surface area contributed by atoms with Gasteiger partial charge in [0.1, 0.15) is 0 Å². The molecular weight excluding hydrogens is 398 g/mol. The number of methoxy groups -OCH3 is 2. The molecule has 1 N–H and O–H groups in total. The highest BCUT2D eigenvalue weighted by atomic mass is 32.1. The predicted octanol–water partition coefficient (Wildman–Crippen LogP) is 2.66. The minimum absolute atomic E-state index is 0.0616. The molecule has 0 radical (unpaired) electrons. The molecule has 0 unspecified atom stereocenters. The van der Waals surface area contributed by atoms with Crippen LogP contribution in [0.25, 0.3) is 0 Å². The molecular formula is C19H23N3O4S2. The first-order valence-corrected chi connectivity index (χ1v) is 10.1. The number of benzene rings is 1. The van der Waals surface area contributed by atoms with Gasteiger partial charge in [0, 0.05) is 42.3 Å². The summed E-state index contributed by atoms with van der Waals surface area (Å²) in [5.74, 6) is 1.09. The number of nitrogens with one attached hydrogen (secondary N) is 1. The third kappa shape index (κ3) is 4.36. The van der Waals surface area contributed by atoms with Crippen LogP contribution in [0.1, 0.15) is 20.9 Å². The van der Waals surface area contributed by atoms with Crippen molar-refractivity contribution in [2.75, 3.05) is 40.4 Å². The fourth-order valence-electron chi connectivity index (χ4n) is 3.17. The molecule has 1 aromatic carbocycles. The number of amides is 2. The second-order valence-corrected chi connectivity index (χ2v) is 8.25. The summed E-state index contributed by atoms with van der Waals surface area (Å²) in [5.41, 5.74) is 1.49. The first-order valence-electron chi connectivity index (χ1n) is 8.90. The smallest absolute Gasteiger partial charge is 0.254 e. The van der Waals surface area contributed by atoms with Gasteiger partial charge in [-0.15, -0.1) is 11.3 Å². The third-order valence-electron chi connectivity index (χ3n) is 4.79. The van der Waals surface area contributed by atoms with Gasteiger partial charge in [0.05, 0.1) is 20.6 Å². The van der Waals surface area contributed by atoms with E-state index in [4.69, 9.17) is 21.7 Å². The lowest BCUT2D eigenvalue weighted by atomic mass is 10.1. The van der Waals surface area contributed by atoms with Crippen molar-refractivity contribution in [3.05, 3.63) is 38.3 Å². The Labute approximate surface area is 172 Å². The Hall–Kier alpha value is -2.39. The van der Waals surface area contributed by atoms with E-state index in [1.807, 2.05) is 6.92 Å². The number of hydrogen-bond acceptors (Lipinski definition) is 6. The van der Waals surface area contributed by atoms with Crippen LogP contribution >= 0.6 is 23.6 Å². The van der Waals surface area contributed by atoms with Gasteiger partial charge in [-0.1, -0.05) is 0 Å². The Morgan fingerprint density at radius 2 is 1.75 bits per heavy atom. The molecule has 0 spiro atoms. The average molecular weight is 422 g/mol. The lowest BCUT2D eigenvalue weighted by Crippen LogP contribution is -2.51. The molecule has 0 saturated carbocycles. The van der Waals surface area contributed by atoms with Gasteiger partial charge in [-0.3, -0.25) is 9.59 Å². The molecule has 3 rings (SSSR count). The topological polar surface area (TPSA) is 74.9 Å². The summed E-state index contributed by atoms with van der Waals surface area (Å²) < 4.78 is 11.2. The number of thiazole rings is 1. The summed E-state index contributed by atoms with van der Waals surface area (Å²) in [5, 5.41) is 0. The highest BCUT2D eigenvalue weighted by molar-refractivity contribution is 7.73. The van der Waals surface area contributed by atoms with E-state index < -0.39 is 0 Å². The molecule has 1 aliphatic rings. The molecule has 1 fully saturated rings. The van der Waals surface area contributed by atoms with Crippen molar-refractivity contribution in [3.63, 3.8) is 0 Å². The van der Waals surface area contributed by atoms with E-state index in [9.17, 15) is 9.59 Å². The van der Waals surface area contributed by atoms with Crippen LogP contribution in [-0.2, 0) is 11.2 Å². The third-order valence-corrected chi connectivity index (χ3v) is 6.12. The Kier molecular flexibility index (Phi) is 6.35. The zero-order valence-electron chi connectivity index (χ0n) is 16.1. The Bertz CT molecular complexity index is 930. The van der Waals surface area contributed by atoms with E-state index in [2.05, 4.69) is 4.98 Å². The number of nitrogens with zero attached hydrogens (tertiary/aromatic N) is 2. The molecule has 1 saturated heterocycles. The summed E-state index contributed by atoms with van der Waals surface area (Å²) in [6.45, 7) is 3.97. The van der Waals surface area contributed by atoms with E-state index >= 15 is 0 Å². The monoisotopic (exact) mass is 421 g/mol. The van der Waals surface area contributed by atoms with E-state index in [1.54, 1.807) is 42.2 Å². The zero-order chi connectivity index (χ0) is 20.3. The molecule has 0 bridgehead atoms. The van der Waals surface area contributed by atoms with Crippen molar-refractivity contribution in [1.82, 2.24) is 14.8 Å².